The molecule has 0 atom stereocenters. The van der Waals surface area contributed by atoms with Gasteiger partial charge in [-0.25, -0.2) is 4.98 Å². The molecule has 2 heterocycles. The summed E-state index contributed by atoms with van der Waals surface area (Å²) in [5.74, 6) is 0.870. The number of rotatable bonds is 1. The van der Waals surface area contributed by atoms with E-state index in [0.717, 1.165) is 22.3 Å². The molecule has 16 heavy (non-hydrogen) atoms. The van der Waals surface area contributed by atoms with Crippen LogP contribution in [0, 0.1) is 0 Å². The Morgan fingerprint density at radius 2 is 2.12 bits per heavy atom. The van der Waals surface area contributed by atoms with E-state index >= 15 is 0 Å². The molecule has 3 heteroatoms. The Morgan fingerprint density at radius 3 is 2.94 bits per heavy atom. The van der Waals surface area contributed by atoms with Crippen molar-refractivity contribution in [3.05, 3.63) is 36.7 Å². The molecule has 1 aromatic rings. The Morgan fingerprint density at radius 1 is 1.25 bits per heavy atom. The smallest absolute Gasteiger partial charge is 0.119 e. The lowest BCUT2D eigenvalue weighted by Gasteiger charge is -2.02. The summed E-state index contributed by atoms with van der Waals surface area (Å²) in [5.41, 5.74) is 3.21. The summed E-state index contributed by atoms with van der Waals surface area (Å²) in [5, 5.41) is 1.15. The average Bonchev–Trinajstić information content (AvgIpc) is 2.65. The third kappa shape index (κ3) is 1.25. The van der Waals surface area contributed by atoms with E-state index in [1.165, 1.54) is 5.56 Å². The van der Waals surface area contributed by atoms with Gasteiger partial charge in [0, 0.05) is 30.4 Å². The van der Waals surface area contributed by atoms with Crippen molar-refractivity contribution in [2.45, 2.75) is 0 Å². The first-order valence-electron chi connectivity index (χ1n) is 5.17. The second kappa shape index (κ2) is 3.23. The number of fused-ring (bicyclic) bond motifs is 3. The van der Waals surface area contributed by atoms with Gasteiger partial charge in [0.05, 0.1) is 18.3 Å². The molecule has 0 spiro atoms. The Kier molecular flexibility index (Phi) is 1.86. The van der Waals surface area contributed by atoms with Crippen molar-refractivity contribution < 1.29 is 4.74 Å². The number of aryl methyl sites for hydroxylation is 1. The van der Waals surface area contributed by atoms with Crippen LogP contribution in [0.4, 0.5) is 0 Å². The Balaban J connectivity index is 2.37. The predicted molar refractivity (Wildman–Crippen MR) is 63.9 cm³/mol. The number of aromatic nitrogens is 2. The van der Waals surface area contributed by atoms with Gasteiger partial charge in [0.2, 0.25) is 0 Å². The summed E-state index contributed by atoms with van der Waals surface area (Å²) in [4.78, 5) is 4.58. The van der Waals surface area contributed by atoms with Crippen molar-refractivity contribution in [1.82, 2.24) is 9.55 Å². The highest BCUT2D eigenvalue weighted by Crippen LogP contribution is 2.32. The Labute approximate surface area is 93.6 Å². The zero-order valence-electron chi connectivity index (χ0n) is 9.27. The summed E-state index contributed by atoms with van der Waals surface area (Å²) in [6.45, 7) is 0. The standard InChI is InChI=1S/C13H12N2O/c1-15-6-5-10-11-7-9(16-2)3-4-12(11)14-13(10)8-15/h3-8H,1-2H3. The van der Waals surface area contributed by atoms with Gasteiger partial charge in [0.15, 0.2) is 0 Å². The van der Waals surface area contributed by atoms with Crippen LogP contribution >= 0.6 is 0 Å². The van der Waals surface area contributed by atoms with E-state index in [0.29, 0.717) is 0 Å². The van der Waals surface area contributed by atoms with Gasteiger partial charge in [-0.1, -0.05) is 0 Å². The molecular formula is C13H12N2O. The van der Waals surface area contributed by atoms with E-state index in [1.807, 2.05) is 42.2 Å². The first-order chi connectivity index (χ1) is 7.78. The molecule has 0 amide bonds. The quantitative estimate of drug-likeness (QED) is 0.620. The molecule has 2 aliphatic rings. The summed E-state index contributed by atoms with van der Waals surface area (Å²) in [6.07, 6.45) is 4.06. The molecule has 3 nitrogen and oxygen atoms in total. The normalized spacial score (nSPS) is 11.1. The molecule has 2 aliphatic heterocycles. The molecule has 0 fully saturated rings. The van der Waals surface area contributed by atoms with Gasteiger partial charge in [0.1, 0.15) is 5.75 Å². The number of hydrogen-bond acceptors (Lipinski definition) is 2. The van der Waals surface area contributed by atoms with Crippen LogP contribution in [-0.4, -0.2) is 16.7 Å². The molecule has 0 aromatic heterocycles. The van der Waals surface area contributed by atoms with Crippen molar-refractivity contribution in [3.63, 3.8) is 0 Å². The monoisotopic (exact) mass is 212 g/mol. The fraction of sp³-hybridized carbons (Fsp3) is 0.154. The molecule has 3 rings (SSSR count). The number of pyridine rings is 1. The zero-order valence-corrected chi connectivity index (χ0v) is 9.27. The molecule has 0 radical (unpaired) electrons. The summed E-state index contributed by atoms with van der Waals surface area (Å²) < 4.78 is 7.24. The third-order valence-corrected chi connectivity index (χ3v) is 2.81. The maximum Gasteiger partial charge on any atom is 0.119 e. The van der Waals surface area contributed by atoms with Crippen LogP contribution in [0.15, 0.2) is 36.7 Å². The van der Waals surface area contributed by atoms with Gasteiger partial charge in [-0.15, -0.1) is 0 Å². The molecule has 0 N–H and O–H groups in total. The molecule has 0 saturated carbocycles. The number of ether oxygens (including phenoxy) is 1. The summed E-state index contributed by atoms with van der Waals surface area (Å²) in [6, 6.07) is 8.05. The van der Waals surface area contributed by atoms with Crippen LogP contribution < -0.4 is 4.74 Å². The molecule has 0 bridgehead atoms. The second-order valence-electron chi connectivity index (χ2n) is 3.90. The van der Waals surface area contributed by atoms with Crippen molar-refractivity contribution in [2.24, 2.45) is 7.05 Å². The van der Waals surface area contributed by atoms with E-state index in [4.69, 9.17) is 4.74 Å². The number of methoxy groups -OCH3 is 1. The van der Waals surface area contributed by atoms with Crippen LogP contribution in [-0.2, 0) is 7.05 Å². The van der Waals surface area contributed by atoms with Crippen LogP contribution in [0.25, 0.3) is 22.2 Å². The highest BCUT2D eigenvalue weighted by Gasteiger charge is 2.11. The van der Waals surface area contributed by atoms with Crippen LogP contribution in [0.3, 0.4) is 0 Å². The number of nitrogens with zero attached hydrogens (tertiary/aromatic N) is 2. The fourth-order valence-electron chi connectivity index (χ4n) is 1.98. The van der Waals surface area contributed by atoms with Gasteiger partial charge >= 0.3 is 0 Å². The predicted octanol–water partition coefficient (Wildman–Crippen LogP) is 2.69. The van der Waals surface area contributed by atoms with E-state index in [-0.39, 0.29) is 0 Å². The summed E-state index contributed by atoms with van der Waals surface area (Å²) in [7, 11) is 3.68. The lowest BCUT2D eigenvalue weighted by atomic mass is 10.1. The van der Waals surface area contributed by atoms with E-state index in [1.54, 1.807) is 7.11 Å². The molecule has 80 valence electrons. The summed E-state index contributed by atoms with van der Waals surface area (Å²) >= 11 is 0. The molecule has 0 unspecified atom stereocenters. The highest BCUT2D eigenvalue weighted by molar-refractivity contribution is 5.97. The first kappa shape index (κ1) is 9.21. The fourth-order valence-corrected chi connectivity index (χ4v) is 1.98. The van der Waals surface area contributed by atoms with Gasteiger partial charge in [-0.05, 0) is 24.3 Å². The molecule has 0 saturated heterocycles. The first-order valence-corrected chi connectivity index (χ1v) is 5.17. The van der Waals surface area contributed by atoms with Crippen LogP contribution in [0.1, 0.15) is 0 Å². The van der Waals surface area contributed by atoms with Gasteiger partial charge in [0.25, 0.3) is 0 Å². The maximum absolute atomic E-state index is 5.23. The van der Waals surface area contributed by atoms with Gasteiger partial charge in [-0.2, -0.15) is 0 Å². The van der Waals surface area contributed by atoms with E-state index in [2.05, 4.69) is 11.1 Å². The SMILES string of the molecule is COc1ccc2nc3cn(C)ccc-3c2c1. The van der Waals surface area contributed by atoms with Crippen molar-refractivity contribution in [1.29, 1.82) is 0 Å². The van der Waals surface area contributed by atoms with E-state index in [9.17, 15) is 0 Å². The van der Waals surface area contributed by atoms with Crippen molar-refractivity contribution in [2.75, 3.05) is 7.11 Å². The van der Waals surface area contributed by atoms with Crippen molar-refractivity contribution in [3.8, 4) is 17.0 Å². The third-order valence-electron chi connectivity index (χ3n) is 2.81. The minimum atomic E-state index is 0.870. The Hall–Kier alpha value is -2.03. The van der Waals surface area contributed by atoms with E-state index < -0.39 is 0 Å². The highest BCUT2D eigenvalue weighted by atomic mass is 16.5. The molecular weight excluding hydrogens is 200 g/mol. The Bertz CT molecular complexity index is 627. The van der Waals surface area contributed by atoms with Crippen LogP contribution in [0.5, 0.6) is 5.75 Å². The lowest BCUT2D eigenvalue weighted by molar-refractivity contribution is 0.415. The number of benzene rings is 1. The van der Waals surface area contributed by atoms with Crippen LogP contribution in [0.2, 0.25) is 0 Å². The average molecular weight is 212 g/mol. The molecule has 1 aromatic carbocycles. The minimum Gasteiger partial charge on any atom is -0.497 e. The second-order valence-corrected chi connectivity index (χ2v) is 3.90. The largest absolute Gasteiger partial charge is 0.497 e. The topological polar surface area (TPSA) is 27.1 Å². The minimum absolute atomic E-state index is 0.870. The van der Waals surface area contributed by atoms with Crippen molar-refractivity contribution >= 4 is 10.9 Å². The lowest BCUT2D eigenvalue weighted by Crippen LogP contribution is -1.89. The maximum atomic E-state index is 5.23. The van der Waals surface area contributed by atoms with Gasteiger partial charge < -0.3 is 9.30 Å². The zero-order chi connectivity index (χ0) is 11.1. The molecule has 0 aliphatic carbocycles. The van der Waals surface area contributed by atoms with Gasteiger partial charge in [-0.3, -0.25) is 0 Å². The number of hydrogen-bond donors (Lipinski definition) is 0.